The second-order valence-electron chi connectivity index (χ2n) is 6.99. The molecule has 0 saturated heterocycles. The topological polar surface area (TPSA) is 75.6 Å². The first kappa shape index (κ1) is 17.1. The van der Waals surface area contributed by atoms with Gasteiger partial charge in [0.25, 0.3) is 0 Å². The van der Waals surface area contributed by atoms with Crippen LogP contribution in [0.1, 0.15) is 5.56 Å². The van der Waals surface area contributed by atoms with Gasteiger partial charge < -0.3 is 19.2 Å². The summed E-state index contributed by atoms with van der Waals surface area (Å²) in [5.41, 5.74) is 2.74. The Balaban J connectivity index is 1.72. The molecule has 0 unspecified atom stereocenters. The first-order valence-corrected chi connectivity index (χ1v) is 9.22. The van der Waals surface area contributed by atoms with Gasteiger partial charge in [-0.2, -0.15) is 0 Å². The van der Waals surface area contributed by atoms with Crippen molar-refractivity contribution in [2.45, 2.75) is 6.54 Å². The normalized spacial score (nSPS) is 11.3. The Hall–Kier alpha value is -3.99. The number of nitrogens with zero attached hydrogens (tertiary/aromatic N) is 1. The van der Waals surface area contributed by atoms with Crippen molar-refractivity contribution in [2.24, 2.45) is 0 Å². The molecule has 0 aliphatic heterocycles. The minimum absolute atomic E-state index is 0.0552. The van der Waals surface area contributed by atoms with Crippen LogP contribution in [0.25, 0.3) is 33.2 Å². The van der Waals surface area contributed by atoms with Crippen LogP contribution >= 0.6 is 0 Å². The van der Waals surface area contributed by atoms with Crippen LogP contribution in [0.5, 0.6) is 11.5 Å². The third-order valence-corrected chi connectivity index (χ3v) is 5.04. The van der Waals surface area contributed by atoms with E-state index < -0.39 is 0 Å². The fourth-order valence-corrected chi connectivity index (χ4v) is 3.74. The molecule has 0 fully saturated rings. The van der Waals surface area contributed by atoms with E-state index in [-0.39, 0.29) is 27.9 Å². The maximum Gasteiger partial charge on any atom is 0.197 e. The number of benzene rings is 3. The Morgan fingerprint density at radius 1 is 0.897 bits per heavy atom. The molecule has 0 atom stereocenters. The minimum atomic E-state index is -0.362. The molecule has 0 saturated carbocycles. The number of aromatic nitrogens is 1. The molecule has 2 aromatic heterocycles. The number of phenolic OH excluding ortho intramolecular Hbond substituents is 2. The van der Waals surface area contributed by atoms with Crippen molar-refractivity contribution in [1.29, 1.82) is 0 Å². The standard InChI is InChI=1S/C24H17NO4/c26-16-10-20(27)24-21(28)12-22(29-23(24)11-16)18-14-25(13-15-6-2-1-3-7-15)19-9-5-4-8-17(18)19/h1-12,14,26-27H,13H2. The van der Waals surface area contributed by atoms with Gasteiger partial charge >= 0.3 is 0 Å². The zero-order valence-corrected chi connectivity index (χ0v) is 15.4. The Morgan fingerprint density at radius 2 is 1.66 bits per heavy atom. The van der Waals surface area contributed by atoms with Crippen LogP contribution in [-0.2, 0) is 6.54 Å². The zero-order chi connectivity index (χ0) is 20.0. The number of hydrogen-bond donors (Lipinski definition) is 2. The lowest BCUT2D eigenvalue weighted by atomic mass is 10.1. The summed E-state index contributed by atoms with van der Waals surface area (Å²) >= 11 is 0. The average molecular weight is 383 g/mol. The Labute approximate surface area is 165 Å². The van der Waals surface area contributed by atoms with Crippen molar-refractivity contribution in [2.75, 3.05) is 0 Å². The predicted molar refractivity (Wildman–Crippen MR) is 112 cm³/mol. The van der Waals surface area contributed by atoms with Crippen molar-refractivity contribution < 1.29 is 14.6 Å². The van der Waals surface area contributed by atoms with E-state index in [1.165, 1.54) is 12.1 Å². The number of hydrogen-bond acceptors (Lipinski definition) is 4. The van der Waals surface area contributed by atoms with Crippen LogP contribution in [0.2, 0.25) is 0 Å². The second-order valence-corrected chi connectivity index (χ2v) is 6.99. The van der Waals surface area contributed by atoms with E-state index in [9.17, 15) is 15.0 Å². The summed E-state index contributed by atoms with van der Waals surface area (Å²) in [6.45, 7) is 0.681. The van der Waals surface area contributed by atoms with Gasteiger partial charge in [0.1, 0.15) is 28.2 Å². The monoisotopic (exact) mass is 383 g/mol. The maximum absolute atomic E-state index is 12.6. The van der Waals surface area contributed by atoms with Crippen LogP contribution in [0, 0.1) is 0 Å². The largest absolute Gasteiger partial charge is 0.508 e. The third kappa shape index (κ3) is 2.93. The summed E-state index contributed by atoms with van der Waals surface area (Å²) in [7, 11) is 0. The van der Waals surface area contributed by atoms with Crippen molar-refractivity contribution in [3.8, 4) is 22.8 Å². The van der Waals surface area contributed by atoms with E-state index in [2.05, 4.69) is 16.7 Å². The van der Waals surface area contributed by atoms with Crippen LogP contribution < -0.4 is 5.43 Å². The molecule has 5 aromatic rings. The number of aromatic hydroxyl groups is 2. The summed E-state index contributed by atoms with van der Waals surface area (Å²) < 4.78 is 8.04. The molecule has 0 amide bonds. The molecule has 0 aliphatic rings. The maximum atomic E-state index is 12.6. The summed E-state index contributed by atoms with van der Waals surface area (Å²) in [4.78, 5) is 12.6. The van der Waals surface area contributed by atoms with Gasteiger partial charge in [0.15, 0.2) is 5.43 Å². The SMILES string of the molecule is O=c1cc(-c2cn(Cc3ccccc3)c3ccccc23)oc2cc(O)cc(O)c12. The van der Waals surface area contributed by atoms with E-state index in [0.717, 1.165) is 28.1 Å². The Morgan fingerprint density at radius 3 is 2.48 bits per heavy atom. The van der Waals surface area contributed by atoms with Gasteiger partial charge in [-0.25, -0.2) is 0 Å². The lowest BCUT2D eigenvalue weighted by Crippen LogP contribution is -2.00. The highest BCUT2D eigenvalue weighted by atomic mass is 16.3. The van der Waals surface area contributed by atoms with Crippen LogP contribution in [-0.4, -0.2) is 14.8 Å². The highest BCUT2D eigenvalue weighted by molar-refractivity contribution is 5.96. The number of fused-ring (bicyclic) bond motifs is 2. The Bertz CT molecular complexity index is 1410. The van der Waals surface area contributed by atoms with Gasteiger partial charge in [0.05, 0.1) is 0 Å². The summed E-state index contributed by atoms with van der Waals surface area (Å²) in [6.07, 6.45) is 1.96. The van der Waals surface area contributed by atoms with Crippen molar-refractivity contribution in [1.82, 2.24) is 4.57 Å². The molecular formula is C24H17NO4. The van der Waals surface area contributed by atoms with Gasteiger partial charge in [-0.3, -0.25) is 4.79 Å². The number of para-hydroxylation sites is 1. The highest BCUT2D eigenvalue weighted by Crippen LogP contribution is 2.34. The van der Waals surface area contributed by atoms with Gasteiger partial charge in [-0.1, -0.05) is 48.5 Å². The summed E-state index contributed by atoms with van der Waals surface area (Å²) in [5, 5.41) is 20.8. The average Bonchev–Trinajstić information content (AvgIpc) is 3.06. The van der Waals surface area contributed by atoms with Gasteiger partial charge in [0.2, 0.25) is 0 Å². The molecule has 0 spiro atoms. The fraction of sp³-hybridized carbons (Fsp3) is 0.0417. The molecule has 0 bridgehead atoms. The first-order valence-electron chi connectivity index (χ1n) is 9.22. The third-order valence-electron chi connectivity index (χ3n) is 5.04. The zero-order valence-electron chi connectivity index (χ0n) is 15.4. The van der Waals surface area contributed by atoms with Gasteiger partial charge in [-0.05, 0) is 11.6 Å². The molecule has 5 heteroatoms. The molecule has 0 aliphatic carbocycles. The number of phenols is 2. The summed E-state index contributed by atoms with van der Waals surface area (Å²) in [5.74, 6) is -0.0795. The molecule has 3 aromatic carbocycles. The molecule has 5 rings (SSSR count). The lowest BCUT2D eigenvalue weighted by molar-refractivity contribution is 0.452. The molecular weight excluding hydrogens is 366 g/mol. The van der Waals surface area contributed by atoms with E-state index in [4.69, 9.17) is 4.42 Å². The molecule has 2 N–H and O–H groups in total. The van der Waals surface area contributed by atoms with Gasteiger partial charge in [-0.15, -0.1) is 0 Å². The summed E-state index contributed by atoms with van der Waals surface area (Å²) in [6, 6.07) is 21.9. The van der Waals surface area contributed by atoms with Crippen LogP contribution in [0.4, 0.5) is 0 Å². The van der Waals surface area contributed by atoms with Gasteiger partial charge in [0, 0.05) is 47.4 Å². The molecule has 142 valence electrons. The smallest absolute Gasteiger partial charge is 0.197 e. The van der Waals surface area contributed by atoms with E-state index >= 15 is 0 Å². The highest BCUT2D eigenvalue weighted by Gasteiger charge is 2.16. The quantitative estimate of drug-likeness (QED) is 0.466. The minimum Gasteiger partial charge on any atom is -0.508 e. The van der Waals surface area contributed by atoms with E-state index in [1.54, 1.807) is 0 Å². The van der Waals surface area contributed by atoms with Crippen molar-refractivity contribution >= 4 is 21.9 Å². The molecule has 2 heterocycles. The first-order chi connectivity index (χ1) is 14.1. The molecule has 0 radical (unpaired) electrons. The van der Waals surface area contributed by atoms with Crippen molar-refractivity contribution in [3.05, 3.63) is 94.8 Å². The van der Waals surface area contributed by atoms with E-state index in [0.29, 0.717) is 12.3 Å². The molecule has 29 heavy (non-hydrogen) atoms. The van der Waals surface area contributed by atoms with Crippen LogP contribution in [0.3, 0.4) is 0 Å². The number of rotatable bonds is 3. The van der Waals surface area contributed by atoms with E-state index in [1.807, 2.05) is 48.7 Å². The Kier molecular flexibility index (Phi) is 3.88. The molecule has 5 nitrogen and oxygen atoms in total. The predicted octanol–water partition coefficient (Wildman–Crippen LogP) is 4.87. The van der Waals surface area contributed by atoms with Crippen LogP contribution in [0.15, 0.2) is 88.2 Å². The second kappa shape index (κ2) is 6.56. The lowest BCUT2D eigenvalue weighted by Gasteiger charge is -2.05. The van der Waals surface area contributed by atoms with Crippen molar-refractivity contribution in [3.63, 3.8) is 0 Å². The fourth-order valence-electron chi connectivity index (χ4n) is 3.74.